The van der Waals surface area contributed by atoms with Crippen LogP contribution in [0.5, 0.6) is 0 Å². The highest BCUT2D eigenvalue weighted by Crippen LogP contribution is 2.48. The van der Waals surface area contributed by atoms with E-state index < -0.39 is 0 Å². The van der Waals surface area contributed by atoms with Gasteiger partial charge in [0, 0.05) is 39.4 Å². The number of hydrogen-bond donors (Lipinski definition) is 2. The zero-order valence-corrected chi connectivity index (χ0v) is 16.7. The van der Waals surface area contributed by atoms with E-state index in [-0.39, 0.29) is 24.0 Å². The summed E-state index contributed by atoms with van der Waals surface area (Å²) in [6, 6.07) is 0. The summed E-state index contributed by atoms with van der Waals surface area (Å²) in [6.45, 7) is 10.3. The maximum absolute atomic E-state index is 5.96. The van der Waals surface area contributed by atoms with E-state index in [1.54, 1.807) is 0 Å². The molecule has 1 saturated carbocycles. The monoisotopic (exact) mass is 440 g/mol. The molecule has 1 aliphatic heterocycles. The van der Waals surface area contributed by atoms with Crippen LogP contribution in [0.4, 0.5) is 0 Å². The number of aliphatic imine (C=N–C) groups is 1. The van der Waals surface area contributed by atoms with Gasteiger partial charge in [-0.1, -0.05) is 0 Å². The van der Waals surface area contributed by atoms with Crippen molar-refractivity contribution in [3.05, 3.63) is 0 Å². The highest BCUT2D eigenvalue weighted by Gasteiger charge is 2.41. The standard InChI is InChI=1S/C16H32N4O2.HI/c1-2-21-11-6-16(4-5-16)14-19-15(17)18-7-3-8-20-9-12-22-13-10-20;/h2-14H2,1H3,(H3,17,18,19);1H. The van der Waals surface area contributed by atoms with Crippen LogP contribution in [0, 0.1) is 5.41 Å². The summed E-state index contributed by atoms with van der Waals surface area (Å²) in [5.74, 6) is 0.588. The van der Waals surface area contributed by atoms with Crippen LogP contribution in [0.15, 0.2) is 4.99 Å². The molecule has 0 aromatic carbocycles. The maximum atomic E-state index is 5.96. The number of nitrogens with zero attached hydrogens (tertiary/aromatic N) is 2. The number of nitrogens with two attached hydrogens (primary N) is 1. The van der Waals surface area contributed by atoms with Crippen molar-refractivity contribution in [2.45, 2.75) is 32.6 Å². The molecule has 3 N–H and O–H groups in total. The minimum atomic E-state index is 0. The molecule has 2 aliphatic rings. The lowest BCUT2D eigenvalue weighted by Crippen LogP contribution is -2.39. The highest BCUT2D eigenvalue weighted by molar-refractivity contribution is 14.0. The van der Waals surface area contributed by atoms with E-state index in [4.69, 9.17) is 15.2 Å². The van der Waals surface area contributed by atoms with Crippen molar-refractivity contribution < 1.29 is 9.47 Å². The third-order valence-corrected chi connectivity index (χ3v) is 4.58. The Morgan fingerprint density at radius 1 is 1.35 bits per heavy atom. The van der Waals surface area contributed by atoms with Gasteiger partial charge in [-0.3, -0.25) is 9.89 Å². The molecule has 0 aromatic heterocycles. The normalized spacial score (nSPS) is 20.8. The van der Waals surface area contributed by atoms with Gasteiger partial charge >= 0.3 is 0 Å². The molecule has 0 aromatic rings. The van der Waals surface area contributed by atoms with Gasteiger partial charge in [-0.2, -0.15) is 0 Å². The summed E-state index contributed by atoms with van der Waals surface area (Å²) in [5.41, 5.74) is 6.33. The molecule has 0 bridgehead atoms. The van der Waals surface area contributed by atoms with Crippen molar-refractivity contribution in [3.63, 3.8) is 0 Å². The zero-order valence-electron chi connectivity index (χ0n) is 14.4. The first-order valence-electron chi connectivity index (χ1n) is 8.66. The van der Waals surface area contributed by atoms with E-state index in [1.807, 2.05) is 6.92 Å². The number of ether oxygens (including phenoxy) is 2. The average Bonchev–Trinajstić information content (AvgIpc) is 3.31. The first-order chi connectivity index (χ1) is 10.7. The van der Waals surface area contributed by atoms with Crippen molar-refractivity contribution in [1.29, 1.82) is 0 Å². The fourth-order valence-electron chi connectivity index (χ4n) is 2.75. The molecule has 2 rings (SSSR count). The first kappa shape index (κ1) is 20.9. The van der Waals surface area contributed by atoms with Gasteiger partial charge in [-0.25, -0.2) is 0 Å². The molecule has 6 nitrogen and oxygen atoms in total. The minimum Gasteiger partial charge on any atom is -0.382 e. The highest BCUT2D eigenvalue weighted by atomic mass is 127. The Morgan fingerprint density at radius 3 is 2.74 bits per heavy atom. The number of hydrogen-bond acceptors (Lipinski definition) is 4. The second-order valence-corrected chi connectivity index (χ2v) is 6.38. The molecule has 2 fully saturated rings. The van der Waals surface area contributed by atoms with Crippen molar-refractivity contribution in [2.24, 2.45) is 16.1 Å². The Bertz CT molecular complexity index is 345. The van der Waals surface area contributed by atoms with Crippen LogP contribution in [-0.2, 0) is 9.47 Å². The van der Waals surface area contributed by atoms with Gasteiger partial charge in [-0.15, -0.1) is 24.0 Å². The summed E-state index contributed by atoms with van der Waals surface area (Å²) in [6.07, 6.45) is 4.71. The summed E-state index contributed by atoms with van der Waals surface area (Å²) < 4.78 is 10.8. The molecule has 1 saturated heterocycles. The summed E-state index contributed by atoms with van der Waals surface area (Å²) in [5, 5.41) is 3.23. The Balaban J connectivity index is 0.00000264. The molecule has 1 heterocycles. The molecule has 7 heteroatoms. The van der Waals surface area contributed by atoms with Gasteiger partial charge in [0.05, 0.1) is 13.2 Å². The number of guanidine groups is 1. The van der Waals surface area contributed by atoms with E-state index in [0.717, 1.165) is 72.0 Å². The molecule has 1 aliphatic carbocycles. The van der Waals surface area contributed by atoms with Gasteiger partial charge in [0.15, 0.2) is 5.96 Å². The lowest BCUT2D eigenvalue weighted by molar-refractivity contribution is 0.0376. The van der Waals surface area contributed by atoms with Gasteiger partial charge < -0.3 is 20.5 Å². The zero-order chi connectivity index (χ0) is 15.7. The number of rotatable bonds is 10. The quantitative estimate of drug-likeness (QED) is 0.233. The average molecular weight is 440 g/mol. The van der Waals surface area contributed by atoms with Crippen LogP contribution in [0.1, 0.15) is 32.6 Å². The Hall–Kier alpha value is -0.120. The van der Waals surface area contributed by atoms with Crippen molar-refractivity contribution in [1.82, 2.24) is 10.2 Å². The number of halogens is 1. The number of morpholine rings is 1. The topological polar surface area (TPSA) is 72.1 Å². The van der Waals surface area contributed by atoms with Crippen molar-refractivity contribution in [2.75, 3.05) is 59.2 Å². The number of nitrogens with one attached hydrogen (secondary N) is 1. The van der Waals surface area contributed by atoms with E-state index in [0.29, 0.717) is 11.4 Å². The van der Waals surface area contributed by atoms with Crippen LogP contribution in [0.2, 0.25) is 0 Å². The molecular formula is C16H33IN4O2. The Labute approximate surface area is 157 Å². The van der Waals surface area contributed by atoms with Crippen LogP contribution in [0.3, 0.4) is 0 Å². The second kappa shape index (κ2) is 11.4. The summed E-state index contributed by atoms with van der Waals surface area (Å²) in [7, 11) is 0. The first-order valence-corrected chi connectivity index (χ1v) is 8.66. The lowest BCUT2D eigenvalue weighted by atomic mass is 10.0. The van der Waals surface area contributed by atoms with Crippen LogP contribution in [-0.4, -0.2) is 70.0 Å². The molecule has 0 amide bonds. The van der Waals surface area contributed by atoms with Gasteiger partial charge in [0.1, 0.15) is 0 Å². The van der Waals surface area contributed by atoms with Crippen LogP contribution in [0.25, 0.3) is 0 Å². The van der Waals surface area contributed by atoms with Crippen LogP contribution < -0.4 is 11.1 Å². The molecule has 0 spiro atoms. The predicted molar refractivity (Wildman–Crippen MR) is 105 cm³/mol. The fraction of sp³-hybridized carbons (Fsp3) is 0.938. The maximum Gasteiger partial charge on any atom is 0.188 e. The fourth-order valence-corrected chi connectivity index (χ4v) is 2.75. The van der Waals surface area contributed by atoms with E-state index in [9.17, 15) is 0 Å². The van der Waals surface area contributed by atoms with E-state index in [1.165, 1.54) is 12.8 Å². The lowest BCUT2D eigenvalue weighted by Gasteiger charge is -2.26. The van der Waals surface area contributed by atoms with Crippen molar-refractivity contribution >= 4 is 29.9 Å². The second-order valence-electron chi connectivity index (χ2n) is 6.38. The minimum absolute atomic E-state index is 0. The summed E-state index contributed by atoms with van der Waals surface area (Å²) in [4.78, 5) is 6.95. The van der Waals surface area contributed by atoms with Gasteiger partial charge in [-0.05, 0) is 44.6 Å². The molecule has 23 heavy (non-hydrogen) atoms. The molecule has 0 atom stereocenters. The molecule has 136 valence electrons. The third kappa shape index (κ3) is 8.51. The third-order valence-electron chi connectivity index (χ3n) is 4.58. The SMILES string of the molecule is CCOCCC1(CN=C(N)NCCCN2CCOCC2)CC1.I. The van der Waals surface area contributed by atoms with E-state index in [2.05, 4.69) is 15.2 Å². The van der Waals surface area contributed by atoms with Crippen molar-refractivity contribution in [3.8, 4) is 0 Å². The van der Waals surface area contributed by atoms with Crippen LogP contribution >= 0.6 is 24.0 Å². The molecule has 0 unspecified atom stereocenters. The van der Waals surface area contributed by atoms with Gasteiger partial charge in [0.2, 0.25) is 0 Å². The van der Waals surface area contributed by atoms with E-state index >= 15 is 0 Å². The summed E-state index contributed by atoms with van der Waals surface area (Å²) >= 11 is 0. The largest absolute Gasteiger partial charge is 0.382 e. The smallest absolute Gasteiger partial charge is 0.188 e. The molecular weight excluding hydrogens is 407 g/mol. The molecule has 0 radical (unpaired) electrons. The Morgan fingerprint density at radius 2 is 2.09 bits per heavy atom. The van der Waals surface area contributed by atoms with Gasteiger partial charge in [0.25, 0.3) is 0 Å². The predicted octanol–water partition coefficient (Wildman–Crippen LogP) is 1.44. The Kier molecular flexibility index (Phi) is 10.4.